The minimum Gasteiger partial charge on any atom is -0.379 e. The van der Waals surface area contributed by atoms with Crippen molar-refractivity contribution in [2.45, 2.75) is 29.8 Å². The average molecular weight is 426 g/mol. The predicted octanol–water partition coefficient (Wildman–Crippen LogP) is 1.51. The topological polar surface area (TPSA) is 117 Å². The smallest absolute Gasteiger partial charge is 0.243 e. The zero-order valence-corrected chi connectivity index (χ0v) is 17.2. The highest BCUT2D eigenvalue weighted by Gasteiger charge is 2.26. The molecule has 2 aromatic rings. The molecular formula is C17H23N5O4S2. The van der Waals surface area contributed by atoms with Gasteiger partial charge in [-0.15, -0.1) is 5.10 Å². The fourth-order valence-corrected chi connectivity index (χ4v) is 4.69. The van der Waals surface area contributed by atoms with E-state index in [1.165, 1.54) is 28.2 Å². The number of H-pyrrole nitrogens is 1. The highest BCUT2D eigenvalue weighted by Crippen LogP contribution is 2.20. The number of aromatic amines is 1. The van der Waals surface area contributed by atoms with Gasteiger partial charge in [-0.05, 0) is 30.7 Å². The summed E-state index contributed by atoms with van der Waals surface area (Å²) in [6.07, 6.45) is 1.79. The van der Waals surface area contributed by atoms with Crippen LogP contribution in [0.1, 0.15) is 19.2 Å². The second-order valence-corrected chi connectivity index (χ2v) is 9.07. The summed E-state index contributed by atoms with van der Waals surface area (Å²) in [6, 6.07) is 6.17. The number of aryl methyl sites for hydroxylation is 1. The normalized spacial score (nSPS) is 15.5. The van der Waals surface area contributed by atoms with Gasteiger partial charge in [-0.1, -0.05) is 18.7 Å². The van der Waals surface area contributed by atoms with Gasteiger partial charge in [0.15, 0.2) is 0 Å². The summed E-state index contributed by atoms with van der Waals surface area (Å²) in [4.78, 5) is 16.6. The molecule has 1 aliphatic heterocycles. The van der Waals surface area contributed by atoms with E-state index in [9.17, 15) is 13.2 Å². The molecule has 11 heteroatoms. The molecule has 3 rings (SSSR count). The minimum absolute atomic E-state index is 0.164. The quantitative estimate of drug-likeness (QED) is 0.616. The Morgan fingerprint density at radius 3 is 2.68 bits per heavy atom. The third-order valence-corrected chi connectivity index (χ3v) is 6.84. The number of ether oxygens (including phenoxy) is 1. The lowest BCUT2D eigenvalue weighted by Gasteiger charge is -2.26. The molecule has 0 unspecified atom stereocenters. The first kappa shape index (κ1) is 20.8. The molecule has 2 heterocycles. The van der Waals surface area contributed by atoms with Gasteiger partial charge in [-0.2, -0.15) is 4.31 Å². The SMILES string of the molecule is CCCc1nc(SCC(=O)Nc2ccc(S(=O)(=O)N3CCOCC3)cc2)n[nH]1. The molecule has 0 spiro atoms. The van der Waals surface area contributed by atoms with Crippen molar-refractivity contribution in [3.8, 4) is 0 Å². The molecule has 2 N–H and O–H groups in total. The van der Waals surface area contributed by atoms with Gasteiger partial charge >= 0.3 is 0 Å². The summed E-state index contributed by atoms with van der Waals surface area (Å²) in [5.41, 5.74) is 0.535. The van der Waals surface area contributed by atoms with E-state index in [1.807, 2.05) is 0 Å². The summed E-state index contributed by atoms with van der Waals surface area (Å²) in [7, 11) is -3.54. The van der Waals surface area contributed by atoms with Crippen molar-refractivity contribution in [1.82, 2.24) is 19.5 Å². The Kier molecular flexibility index (Phi) is 7.05. The van der Waals surface area contributed by atoms with Gasteiger partial charge in [0.2, 0.25) is 21.1 Å². The number of thioether (sulfide) groups is 1. The summed E-state index contributed by atoms with van der Waals surface area (Å²) in [5, 5.41) is 10.2. The van der Waals surface area contributed by atoms with E-state index in [4.69, 9.17) is 4.74 Å². The summed E-state index contributed by atoms with van der Waals surface area (Å²) in [5.74, 6) is 0.759. The van der Waals surface area contributed by atoms with Crippen molar-refractivity contribution in [2.75, 3.05) is 37.4 Å². The number of rotatable bonds is 8. The monoisotopic (exact) mass is 425 g/mol. The number of hydrogen-bond donors (Lipinski definition) is 2. The fraction of sp³-hybridized carbons (Fsp3) is 0.471. The molecule has 0 bridgehead atoms. The number of anilines is 1. The maximum absolute atomic E-state index is 12.6. The lowest BCUT2D eigenvalue weighted by Crippen LogP contribution is -2.40. The van der Waals surface area contributed by atoms with Crippen LogP contribution in [0.2, 0.25) is 0 Å². The van der Waals surface area contributed by atoms with Gasteiger partial charge < -0.3 is 10.1 Å². The van der Waals surface area contributed by atoms with Crippen molar-refractivity contribution in [2.24, 2.45) is 0 Å². The number of nitrogens with zero attached hydrogens (tertiary/aromatic N) is 3. The standard InChI is InChI=1S/C17H23N5O4S2/c1-2-3-15-19-17(21-20-15)27-12-16(23)18-13-4-6-14(7-5-13)28(24,25)22-8-10-26-11-9-22/h4-7H,2-3,8-12H2,1H3,(H,18,23)(H,19,20,21). The first-order valence-electron chi connectivity index (χ1n) is 9.01. The molecule has 0 atom stereocenters. The van der Waals surface area contributed by atoms with E-state index < -0.39 is 10.0 Å². The highest BCUT2D eigenvalue weighted by atomic mass is 32.2. The first-order valence-corrected chi connectivity index (χ1v) is 11.4. The highest BCUT2D eigenvalue weighted by molar-refractivity contribution is 7.99. The van der Waals surface area contributed by atoms with Crippen LogP contribution in [0.15, 0.2) is 34.3 Å². The van der Waals surface area contributed by atoms with Crippen molar-refractivity contribution in [3.63, 3.8) is 0 Å². The molecule has 152 valence electrons. The van der Waals surface area contributed by atoms with E-state index >= 15 is 0 Å². The Morgan fingerprint density at radius 2 is 2.00 bits per heavy atom. The molecular weight excluding hydrogens is 402 g/mol. The molecule has 0 radical (unpaired) electrons. The second-order valence-electron chi connectivity index (χ2n) is 6.19. The second kappa shape index (κ2) is 9.50. The molecule has 1 aromatic carbocycles. The maximum atomic E-state index is 12.6. The third-order valence-electron chi connectivity index (χ3n) is 4.08. The van der Waals surface area contributed by atoms with Gasteiger partial charge in [-0.3, -0.25) is 9.89 Å². The Labute approximate surface area is 168 Å². The Hall–Kier alpha value is -1.95. The fourth-order valence-electron chi connectivity index (χ4n) is 2.66. The van der Waals surface area contributed by atoms with Crippen LogP contribution in [0.5, 0.6) is 0 Å². The van der Waals surface area contributed by atoms with E-state index in [1.54, 1.807) is 12.1 Å². The molecule has 0 saturated carbocycles. The van der Waals surface area contributed by atoms with Crippen LogP contribution in [-0.2, 0) is 26.0 Å². The Morgan fingerprint density at radius 1 is 1.29 bits per heavy atom. The number of benzene rings is 1. The van der Waals surface area contributed by atoms with Crippen LogP contribution in [0.3, 0.4) is 0 Å². The van der Waals surface area contributed by atoms with Gasteiger partial charge in [0.05, 0.1) is 23.9 Å². The molecule has 1 aliphatic rings. The zero-order valence-electron chi connectivity index (χ0n) is 15.6. The van der Waals surface area contributed by atoms with Crippen LogP contribution in [0.4, 0.5) is 5.69 Å². The minimum atomic E-state index is -3.54. The summed E-state index contributed by atoms with van der Waals surface area (Å²) < 4.78 is 31.8. The number of hydrogen-bond acceptors (Lipinski definition) is 7. The molecule has 1 aromatic heterocycles. The number of aromatic nitrogens is 3. The maximum Gasteiger partial charge on any atom is 0.243 e. The number of nitrogens with one attached hydrogen (secondary N) is 2. The third kappa shape index (κ3) is 5.31. The number of carbonyl (C=O) groups is 1. The molecule has 9 nitrogen and oxygen atoms in total. The van der Waals surface area contributed by atoms with E-state index in [0.717, 1.165) is 18.7 Å². The van der Waals surface area contributed by atoms with E-state index in [2.05, 4.69) is 27.4 Å². The lowest BCUT2D eigenvalue weighted by atomic mass is 10.3. The lowest BCUT2D eigenvalue weighted by molar-refractivity contribution is -0.113. The van der Waals surface area contributed by atoms with Gasteiger partial charge in [-0.25, -0.2) is 13.4 Å². The number of carbonyl (C=O) groups excluding carboxylic acids is 1. The average Bonchev–Trinajstić information content (AvgIpc) is 3.15. The van der Waals surface area contributed by atoms with Crippen LogP contribution in [-0.4, -0.2) is 65.9 Å². The summed E-state index contributed by atoms with van der Waals surface area (Å²) in [6.45, 7) is 3.55. The van der Waals surface area contributed by atoms with Gasteiger partial charge in [0.25, 0.3) is 0 Å². The number of sulfonamides is 1. The zero-order chi connectivity index (χ0) is 20.0. The molecule has 0 aliphatic carbocycles. The largest absolute Gasteiger partial charge is 0.379 e. The molecule has 1 fully saturated rings. The Balaban J connectivity index is 1.53. The molecule has 1 amide bonds. The number of amides is 1. The first-order chi connectivity index (χ1) is 13.5. The van der Waals surface area contributed by atoms with Crippen LogP contribution < -0.4 is 5.32 Å². The van der Waals surface area contributed by atoms with Crippen molar-refractivity contribution in [3.05, 3.63) is 30.1 Å². The van der Waals surface area contributed by atoms with Gasteiger partial charge in [0.1, 0.15) is 5.82 Å². The summed E-state index contributed by atoms with van der Waals surface area (Å²) >= 11 is 1.24. The Bertz CT molecular complexity index is 893. The van der Waals surface area contributed by atoms with E-state index in [0.29, 0.717) is 37.1 Å². The predicted molar refractivity (Wildman–Crippen MR) is 106 cm³/mol. The van der Waals surface area contributed by atoms with E-state index in [-0.39, 0.29) is 16.6 Å². The van der Waals surface area contributed by atoms with Crippen LogP contribution >= 0.6 is 11.8 Å². The van der Waals surface area contributed by atoms with Crippen LogP contribution in [0, 0.1) is 0 Å². The molecule has 1 saturated heterocycles. The van der Waals surface area contributed by atoms with Crippen molar-refractivity contribution >= 4 is 33.4 Å². The van der Waals surface area contributed by atoms with Crippen LogP contribution in [0.25, 0.3) is 0 Å². The van der Waals surface area contributed by atoms with Gasteiger partial charge in [0, 0.05) is 25.2 Å². The van der Waals surface area contributed by atoms with Crippen molar-refractivity contribution < 1.29 is 17.9 Å². The van der Waals surface area contributed by atoms with Crippen molar-refractivity contribution in [1.29, 1.82) is 0 Å². The molecule has 28 heavy (non-hydrogen) atoms. The number of morpholine rings is 1.